The van der Waals surface area contributed by atoms with Gasteiger partial charge in [-0.2, -0.15) is 5.26 Å². The van der Waals surface area contributed by atoms with Crippen molar-refractivity contribution in [2.75, 3.05) is 0 Å². The van der Waals surface area contributed by atoms with E-state index in [0.717, 1.165) is 5.56 Å². The number of oxime groups is 1. The van der Waals surface area contributed by atoms with Crippen LogP contribution in [0.1, 0.15) is 23.6 Å². The molecule has 0 saturated carbocycles. The predicted molar refractivity (Wildman–Crippen MR) is 75.9 cm³/mol. The van der Waals surface area contributed by atoms with Crippen molar-refractivity contribution < 1.29 is 14.3 Å². The minimum absolute atomic E-state index is 0.0828. The summed E-state index contributed by atoms with van der Waals surface area (Å²) < 4.78 is 18.8. The summed E-state index contributed by atoms with van der Waals surface area (Å²) in [5.41, 5.74) is 2.04. The smallest absolute Gasteiger partial charge is 0.123 e. The summed E-state index contributed by atoms with van der Waals surface area (Å²) in [6, 6.07) is 12.9. The lowest BCUT2D eigenvalue weighted by Gasteiger charge is -2.09. The molecule has 0 radical (unpaired) electrons. The van der Waals surface area contributed by atoms with E-state index in [-0.39, 0.29) is 6.61 Å². The molecule has 0 aliphatic heterocycles. The minimum atomic E-state index is -0.412. The Morgan fingerprint density at radius 1 is 1.33 bits per heavy atom. The van der Waals surface area contributed by atoms with Gasteiger partial charge in [0.2, 0.25) is 0 Å². The Labute approximate surface area is 121 Å². The van der Waals surface area contributed by atoms with Gasteiger partial charge in [-0.05, 0) is 37.3 Å². The third kappa shape index (κ3) is 3.57. The lowest BCUT2D eigenvalue weighted by molar-refractivity contribution is 0.305. The van der Waals surface area contributed by atoms with E-state index in [2.05, 4.69) is 5.16 Å². The van der Waals surface area contributed by atoms with Gasteiger partial charge < -0.3 is 9.94 Å². The van der Waals surface area contributed by atoms with Gasteiger partial charge in [-0.25, -0.2) is 4.39 Å². The van der Waals surface area contributed by atoms with Gasteiger partial charge in [0, 0.05) is 11.1 Å². The van der Waals surface area contributed by atoms with Gasteiger partial charge in [-0.15, -0.1) is 0 Å². The standard InChI is InChI=1S/C16H13FN2O2/c1-11(19-20)12-3-2-4-16(8-12)21-10-14-7-15(17)6-5-13(14)9-18/h2-8,20H,10H2,1H3/b19-11-. The minimum Gasteiger partial charge on any atom is -0.489 e. The molecule has 0 fully saturated rings. The molecule has 2 rings (SSSR count). The Kier molecular flexibility index (Phi) is 4.52. The number of rotatable bonds is 4. The SMILES string of the molecule is C/C(=N/O)c1cccc(OCc2cc(F)ccc2C#N)c1. The summed E-state index contributed by atoms with van der Waals surface area (Å²) in [5, 5.41) is 20.9. The van der Waals surface area contributed by atoms with Gasteiger partial charge in [0.1, 0.15) is 18.2 Å². The van der Waals surface area contributed by atoms with E-state index in [1.807, 2.05) is 6.07 Å². The molecule has 2 aromatic carbocycles. The van der Waals surface area contributed by atoms with Gasteiger partial charge in [0.05, 0.1) is 17.3 Å². The lowest BCUT2D eigenvalue weighted by atomic mass is 10.1. The molecule has 2 aromatic rings. The fourth-order valence-electron chi connectivity index (χ4n) is 1.82. The van der Waals surface area contributed by atoms with Gasteiger partial charge in [-0.1, -0.05) is 17.3 Å². The topological polar surface area (TPSA) is 65.6 Å². The van der Waals surface area contributed by atoms with Crippen LogP contribution in [-0.4, -0.2) is 10.9 Å². The molecule has 0 spiro atoms. The second kappa shape index (κ2) is 6.53. The van der Waals surface area contributed by atoms with Crippen LogP contribution in [0.3, 0.4) is 0 Å². The molecule has 0 saturated heterocycles. The maximum absolute atomic E-state index is 13.2. The van der Waals surface area contributed by atoms with Crippen molar-refractivity contribution in [3.63, 3.8) is 0 Å². The third-order valence-corrected chi connectivity index (χ3v) is 2.98. The predicted octanol–water partition coefficient (Wildman–Crippen LogP) is 3.47. The molecular formula is C16H13FN2O2. The Hall–Kier alpha value is -2.87. The molecule has 0 atom stereocenters. The highest BCUT2D eigenvalue weighted by molar-refractivity contribution is 5.98. The first-order valence-corrected chi connectivity index (χ1v) is 6.24. The summed E-state index contributed by atoms with van der Waals surface area (Å²) >= 11 is 0. The summed E-state index contributed by atoms with van der Waals surface area (Å²) in [5.74, 6) is 0.133. The quantitative estimate of drug-likeness (QED) is 0.531. The Bertz CT molecular complexity index is 720. The molecule has 0 heterocycles. The van der Waals surface area contributed by atoms with Crippen LogP contribution in [0.25, 0.3) is 0 Å². The first-order chi connectivity index (χ1) is 10.1. The summed E-state index contributed by atoms with van der Waals surface area (Å²) in [4.78, 5) is 0. The van der Waals surface area contributed by atoms with Gasteiger partial charge in [0.25, 0.3) is 0 Å². The molecule has 106 valence electrons. The molecule has 0 bridgehead atoms. The van der Waals surface area contributed by atoms with Gasteiger partial charge in [0.15, 0.2) is 0 Å². The molecule has 4 nitrogen and oxygen atoms in total. The van der Waals surface area contributed by atoms with Crippen LogP contribution in [0.15, 0.2) is 47.6 Å². The van der Waals surface area contributed by atoms with Crippen molar-refractivity contribution in [1.82, 2.24) is 0 Å². The first-order valence-electron chi connectivity index (χ1n) is 6.24. The number of nitriles is 1. The van der Waals surface area contributed by atoms with E-state index in [1.54, 1.807) is 31.2 Å². The average molecular weight is 284 g/mol. The third-order valence-electron chi connectivity index (χ3n) is 2.98. The zero-order valence-electron chi connectivity index (χ0n) is 11.4. The average Bonchev–Trinajstić information content (AvgIpc) is 2.52. The van der Waals surface area contributed by atoms with Crippen molar-refractivity contribution >= 4 is 5.71 Å². The van der Waals surface area contributed by atoms with Crippen LogP contribution >= 0.6 is 0 Å². The van der Waals surface area contributed by atoms with Crippen molar-refractivity contribution in [2.24, 2.45) is 5.16 Å². The van der Waals surface area contributed by atoms with Crippen LogP contribution in [0.5, 0.6) is 5.75 Å². The van der Waals surface area contributed by atoms with E-state index in [9.17, 15) is 4.39 Å². The second-order valence-electron chi connectivity index (χ2n) is 4.42. The highest BCUT2D eigenvalue weighted by Gasteiger charge is 2.06. The number of benzene rings is 2. The fourth-order valence-corrected chi connectivity index (χ4v) is 1.82. The van der Waals surface area contributed by atoms with E-state index in [0.29, 0.717) is 22.6 Å². The number of hydrogen-bond donors (Lipinski definition) is 1. The van der Waals surface area contributed by atoms with Crippen LogP contribution < -0.4 is 4.74 Å². The largest absolute Gasteiger partial charge is 0.489 e. The molecule has 0 aliphatic rings. The Morgan fingerprint density at radius 2 is 2.14 bits per heavy atom. The van der Waals surface area contributed by atoms with Gasteiger partial charge >= 0.3 is 0 Å². The Balaban J connectivity index is 2.17. The zero-order valence-corrected chi connectivity index (χ0v) is 11.4. The van der Waals surface area contributed by atoms with Crippen LogP contribution in [0.4, 0.5) is 4.39 Å². The fraction of sp³-hybridized carbons (Fsp3) is 0.125. The zero-order chi connectivity index (χ0) is 15.2. The summed E-state index contributed by atoms with van der Waals surface area (Å²) in [6.07, 6.45) is 0. The first kappa shape index (κ1) is 14.5. The van der Waals surface area contributed by atoms with Crippen molar-refractivity contribution in [3.05, 3.63) is 65.0 Å². The monoisotopic (exact) mass is 284 g/mol. The van der Waals surface area contributed by atoms with E-state index in [4.69, 9.17) is 15.2 Å². The highest BCUT2D eigenvalue weighted by atomic mass is 19.1. The number of ether oxygens (including phenoxy) is 1. The Morgan fingerprint density at radius 3 is 2.86 bits per heavy atom. The maximum Gasteiger partial charge on any atom is 0.123 e. The molecule has 0 aromatic heterocycles. The molecule has 0 amide bonds. The maximum atomic E-state index is 13.2. The summed E-state index contributed by atoms with van der Waals surface area (Å²) in [7, 11) is 0. The summed E-state index contributed by atoms with van der Waals surface area (Å²) in [6.45, 7) is 1.75. The molecule has 5 heteroatoms. The molecule has 0 aliphatic carbocycles. The van der Waals surface area contributed by atoms with E-state index >= 15 is 0 Å². The number of nitrogens with zero attached hydrogens (tertiary/aromatic N) is 2. The van der Waals surface area contributed by atoms with E-state index in [1.165, 1.54) is 18.2 Å². The van der Waals surface area contributed by atoms with Crippen molar-refractivity contribution in [1.29, 1.82) is 5.26 Å². The van der Waals surface area contributed by atoms with Crippen molar-refractivity contribution in [3.8, 4) is 11.8 Å². The van der Waals surface area contributed by atoms with Crippen LogP contribution in [0.2, 0.25) is 0 Å². The van der Waals surface area contributed by atoms with E-state index < -0.39 is 5.82 Å². The number of hydrogen-bond acceptors (Lipinski definition) is 4. The molecular weight excluding hydrogens is 271 g/mol. The van der Waals surface area contributed by atoms with Crippen LogP contribution in [0, 0.1) is 17.1 Å². The van der Waals surface area contributed by atoms with Gasteiger partial charge in [-0.3, -0.25) is 0 Å². The molecule has 21 heavy (non-hydrogen) atoms. The van der Waals surface area contributed by atoms with Crippen molar-refractivity contribution in [2.45, 2.75) is 13.5 Å². The molecule has 0 unspecified atom stereocenters. The molecule has 1 N–H and O–H groups in total. The second-order valence-corrected chi connectivity index (χ2v) is 4.42. The number of halogens is 1. The normalized spacial score (nSPS) is 11.0. The van der Waals surface area contributed by atoms with Crippen LogP contribution in [-0.2, 0) is 6.61 Å². The highest BCUT2D eigenvalue weighted by Crippen LogP contribution is 2.18. The lowest BCUT2D eigenvalue weighted by Crippen LogP contribution is -2.01.